The van der Waals surface area contributed by atoms with Crippen LogP contribution in [0.1, 0.15) is 10.4 Å². The van der Waals surface area contributed by atoms with E-state index in [-0.39, 0.29) is 11.0 Å². The fourth-order valence-electron chi connectivity index (χ4n) is 0.942. The second kappa shape index (κ2) is 5.56. The maximum absolute atomic E-state index is 11.2. The van der Waals surface area contributed by atoms with E-state index in [9.17, 15) is 9.59 Å². The molecule has 8 heteroatoms. The number of phenolic OH excluding ortho intramolecular Hbond substituents is 3. The first-order valence-electron chi connectivity index (χ1n) is 4.12. The summed E-state index contributed by atoms with van der Waals surface area (Å²) in [6, 6.07) is 1.77. The molecule has 8 nitrogen and oxygen atoms in total. The van der Waals surface area contributed by atoms with Crippen molar-refractivity contribution >= 4 is 11.9 Å². The van der Waals surface area contributed by atoms with Crippen LogP contribution in [0.5, 0.6) is 17.2 Å². The third-order valence-electron chi connectivity index (χ3n) is 1.65. The number of rotatable bonds is 3. The first-order chi connectivity index (χ1) is 7.41. The van der Waals surface area contributed by atoms with Crippen LogP contribution in [0.3, 0.4) is 0 Å². The van der Waals surface area contributed by atoms with Gasteiger partial charge in [-0.2, -0.15) is 0 Å². The lowest BCUT2D eigenvalue weighted by Gasteiger charge is -2.05. The standard InChI is InChI=1S/C9H9NO6.H2O/c10-7(13)3-16-9(15)4-1-5(11)8(14)6(12)2-4;/h1-2,11-12,14H,3H2,(H2,10,13);1H2. The minimum Gasteiger partial charge on any atom is -0.504 e. The number of benzene rings is 1. The predicted octanol–water partition coefficient (Wildman–Crippen LogP) is -1.38. The summed E-state index contributed by atoms with van der Waals surface area (Å²) in [6.45, 7) is -0.610. The monoisotopic (exact) mass is 245 g/mol. The zero-order chi connectivity index (χ0) is 12.3. The van der Waals surface area contributed by atoms with Gasteiger partial charge in [0.1, 0.15) is 0 Å². The number of carbonyl (C=O) groups excluding carboxylic acids is 2. The van der Waals surface area contributed by atoms with E-state index in [1.165, 1.54) is 0 Å². The molecule has 0 spiro atoms. The van der Waals surface area contributed by atoms with Gasteiger partial charge in [-0.25, -0.2) is 4.79 Å². The van der Waals surface area contributed by atoms with Gasteiger partial charge >= 0.3 is 5.97 Å². The number of hydrogen-bond donors (Lipinski definition) is 4. The van der Waals surface area contributed by atoms with Gasteiger partial charge in [0.15, 0.2) is 23.9 Å². The highest BCUT2D eigenvalue weighted by Crippen LogP contribution is 2.35. The number of ether oxygens (including phenoxy) is 1. The summed E-state index contributed by atoms with van der Waals surface area (Å²) in [4.78, 5) is 21.6. The average Bonchev–Trinajstić information content (AvgIpc) is 2.21. The number of carbonyl (C=O) groups is 2. The van der Waals surface area contributed by atoms with E-state index < -0.39 is 35.7 Å². The third-order valence-corrected chi connectivity index (χ3v) is 1.65. The lowest BCUT2D eigenvalue weighted by atomic mass is 10.2. The van der Waals surface area contributed by atoms with E-state index in [1.54, 1.807) is 0 Å². The summed E-state index contributed by atoms with van der Waals surface area (Å²) >= 11 is 0. The topological polar surface area (TPSA) is 162 Å². The van der Waals surface area contributed by atoms with Crippen molar-refractivity contribution < 1.29 is 35.1 Å². The Hall–Kier alpha value is -2.48. The highest BCUT2D eigenvalue weighted by Gasteiger charge is 2.14. The number of esters is 1. The Morgan fingerprint density at radius 3 is 2.06 bits per heavy atom. The van der Waals surface area contributed by atoms with Crippen molar-refractivity contribution in [3.63, 3.8) is 0 Å². The third kappa shape index (κ3) is 3.54. The molecule has 0 atom stereocenters. The van der Waals surface area contributed by atoms with Crippen molar-refractivity contribution in [1.29, 1.82) is 0 Å². The van der Waals surface area contributed by atoms with Crippen LogP contribution in [0.4, 0.5) is 0 Å². The Morgan fingerprint density at radius 2 is 1.65 bits per heavy atom. The fourth-order valence-corrected chi connectivity index (χ4v) is 0.942. The number of amides is 1. The summed E-state index contributed by atoms with van der Waals surface area (Å²) in [5.41, 5.74) is 4.53. The molecule has 0 heterocycles. The minimum absolute atomic E-state index is 0. The second-order valence-electron chi connectivity index (χ2n) is 2.91. The number of nitrogens with two attached hydrogens (primary N) is 1. The van der Waals surface area contributed by atoms with Crippen molar-refractivity contribution in [2.75, 3.05) is 6.61 Å². The van der Waals surface area contributed by atoms with Crippen molar-refractivity contribution in [2.45, 2.75) is 0 Å². The summed E-state index contributed by atoms with van der Waals surface area (Å²) in [5.74, 6) is -3.88. The molecule has 1 amide bonds. The highest BCUT2D eigenvalue weighted by atomic mass is 16.5. The molecule has 0 aromatic heterocycles. The van der Waals surface area contributed by atoms with Crippen molar-refractivity contribution in [3.8, 4) is 17.2 Å². The molecule has 1 rings (SSSR count). The van der Waals surface area contributed by atoms with Gasteiger partial charge in [0.2, 0.25) is 0 Å². The SMILES string of the molecule is NC(=O)COC(=O)c1cc(O)c(O)c(O)c1.O. The molecule has 1 aromatic rings. The molecular weight excluding hydrogens is 234 g/mol. The van der Waals surface area contributed by atoms with E-state index in [0.29, 0.717) is 0 Å². The Kier molecular flexibility index (Phi) is 4.75. The number of phenols is 3. The molecule has 1 aromatic carbocycles. The van der Waals surface area contributed by atoms with Crippen LogP contribution in [0.2, 0.25) is 0 Å². The number of aromatic hydroxyl groups is 3. The molecule has 0 aliphatic carbocycles. The zero-order valence-electron chi connectivity index (χ0n) is 8.51. The van der Waals surface area contributed by atoms with Gasteiger partial charge < -0.3 is 31.3 Å². The predicted molar refractivity (Wildman–Crippen MR) is 54.5 cm³/mol. The summed E-state index contributed by atoms with van der Waals surface area (Å²) in [7, 11) is 0. The van der Waals surface area contributed by atoms with E-state index in [4.69, 9.17) is 21.1 Å². The molecule has 0 saturated heterocycles. The first-order valence-corrected chi connectivity index (χ1v) is 4.12. The zero-order valence-corrected chi connectivity index (χ0v) is 8.51. The van der Waals surface area contributed by atoms with E-state index in [0.717, 1.165) is 12.1 Å². The molecule has 0 radical (unpaired) electrons. The van der Waals surface area contributed by atoms with Crippen LogP contribution in [-0.4, -0.2) is 39.3 Å². The van der Waals surface area contributed by atoms with Crippen LogP contribution in [0, 0.1) is 0 Å². The highest BCUT2D eigenvalue weighted by molar-refractivity contribution is 5.92. The fraction of sp³-hybridized carbons (Fsp3) is 0.111. The molecule has 0 aliphatic rings. The molecular formula is C9H11NO7. The second-order valence-corrected chi connectivity index (χ2v) is 2.91. The number of hydrogen-bond acceptors (Lipinski definition) is 6. The maximum Gasteiger partial charge on any atom is 0.338 e. The van der Waals surface area contributed by atoms with Gasteiger partial charge in [-0.3, -0.25) is 4.79 Å². The Labute approximate surface area is 95.2 Å². The Morgan fingerprint density at radius 1 is 1.18 bits per heavy atom. The number of primary amides is 1. The lowest BCUT2D eigenvalue weighted by Crippen LogP contribution is -2.20. The van der Waals surface area contributed by atoms with Crippen LogP contribution in [0.15, 0.2) is 12.1 Å². The lowest BCUT2D eigenvalue weighted by molar-refractivity contribution is -0.121. The van der Waals surface area contributed by atoms with E-state index >= 15 is 0 Å². The smallest absolute Gasteiger partial charge is 0.338 e. The Balaban J connectivity index is 0.00000256. The molecule has 7 N–H and O–H groups in total. The van der Waals surface area contributed by atoms with Crippen LogP contribution in [0.25, 0.3) is 0 Å². The molecule has 0 fully saturated rings. The van der Waals surface area contributed by atoms with Gasteiger partial charge in [0, 0.05) is 0 Å². The molecule has 0 bridgehead atoms. The molecule has 0 unspecified atom stereocenters. The Bertz CT molecular complexity index is 420. The largest absolute Gasteiger partial charge is 0.504 e. The van der Waals surface area contributed by atoms with Gasteiger partial charge in [-0.15, -0.1) is 0 Å². The van der Waals surface area contributed by atoms with Gasteiger partial charge in [-0.05, 0) is 12.1 Å². The summed E-state index contributed by atoms with van der Waals surface area (Å²) in [5, 5.41) is 27.2. The van der Waals surface area contributed by atoms with Gasteiger partial charge in [0.05, 0.1) is 5.56 Å². The van der Waals surface area contributed by atoms with Crippen LogP contribution in [-0.2, 0) is 9.53 Å². The average molecular weight is 245 g/mol. The summed E-state index contributed by atoms with van der Waals surface area (Å²) in [6.07, 6.45) is 0. The molecule has 17 heavy (non-hydrogen) atoms. The van der Waals surface area contributed by atoms with Crippen LogP contribution >= 0.6 is 0 Å². The summed E-state index contributed by atoms with van der Waals surface area (Å²) < 4.78 is 4.42. The minimum atomic E-state index is -0.954. The quantitative estimate of drug-likeness (QED) is 0.379. The van der Waals surface area contributed by atoms with Gasteiger partial charge in [-0.1, -0.05) is 0 Å². The van der Waals surface area contributed by atoms with Crippen LogP contribution < -0.4 is 5.73 Å². The molecule has 94 valence electrons. The van der Waals surface area contributed by atoms with Crippen molar-refractivity contribution in [1.82, 2.24) is 0 Å². The van der Waals surface area contributed by atoms with Gasteiger partial charge in [0.25, 0.3) is 5.91 Å². The first kappa shape index (κ1) is 14.5. The van der Waals surface area contributed by atoms with Crippen molar-refractivity contribution in [3.05, 3.63) is 17.7 Å². The molecule has 0 aliphatic heterocycles. The van der Waals surface area contributed by atoms with E-state index in [1.807, 2.05) is 0 Å². The normalized spacial score (nSPS) is 9.18. The maximum atomic E-state index is 11.2. The van der Waals surface area contributed by atoms with E-state index in [2.05, 4.69) is 4.74 Å². The molecule has 0 saturated carbocycles. The van der Waals surface area contributed by atoms with Crippen molar-refractivity contribution in [2.24, 2.45) is 5.73 Å².